The van der Waals surface area contributed by atoms with Crippen molar-refractivity contribution in [2.45, 2.75) is 26.7 Å². The minimum Gasteiger partial charge on any atom is -0.464 e. The number of hydrogen-bond donors (Lipinski definition) is 1. The fourth-order valence-electron chi connectivity index (χ4n) is 3.56. The van der Waals surface area contributed by atoms with E-state index in [1.807, 2.05) is 31.2 Å². The van der Waals surface area contributed by atoms with Gasteiger partial charge in [0.05, 0.1) is 12.7 Å². The number of furan rings is 1. The van der Waals surface area contributed by atoms with E-state index in [1.165, 1.54) is 11.3 Å². The fraction of sp³-hybridized carbons (Fsp3) is 0.286. The summed E-state index contributed by atoms with van der Waals surface area (Å²) in [6.07, 6.45) is 3.08. The molecule has 4 nitrogen and oxygen atoms in total. The highest BCUT2D eigenvalue weighted by Crippen LogP contribution is 2.30. The van der Waals surface area contributed by atoms with Crippen molar-refractivity contribution in [3.8, 4) is 0 Å². The summed E-state index contributed by atoms with van der Waals surface area (Å²) in [5.74, 6) is -0.0238. The van der Waals surface area contributed by atoms with E-state index in [0.717, 1.165) is 47.3 Å². The van der Waals surface area contributed by atoms with Gasteiger partial charge in [-0.3, -0.25) is 4.79 Å². The number of nitrogens with zero attached hydrogens (tertiary/aromatic N) is 1. The molecule has 0 fully saturated rings. The number of likely N-dealkylation sites (N-methyl/N-ethyl adjacent to an activating group) is 1. The van der Waals surface area contributed by atoms with Crippen LogP contribution >= 0.6 is 0 Å². The second-order valence-corrected chi connectivity index (χ2v) is 6.66. The molecule has 3 aromatic rings. The van der Waals surface area contributed by atoms with E-state index in [9.17, 15) is 4.79 Å². The van der Waals surface area contributed by atoms with Gasteiger partial charge in [-0.15, -0.1) is 0 Å². The van der Waals surface area contributed by atoms with Crippen molar-refractivity contribution < 1.29 is 9.21 Å². The number of anilines is 2. The smallest absolute Gasteiger partial charge is 0.228 e. The van der Waals surface area contributed by atoms with Crippen molar-refractivity contribution in [1.29, 1.82) is 0 Å². The van der Waals surface area contributed by atoms with E-state index >= 15 is 0 Å². The molecule has 4 rings (SSSR count). The molecule has 128 valence electrons. The van der Waals surface area contributed by atoms with E-state index in [-0.39, 0.29) is 5.91 Å². The van der Waals surface area contributed by atoms with E-state index < -0.39 is 0 Å². The summed E-state index contributed by atoms with van der Waals surface area (Å²) in [5.41, 5.74) is 6.35. The molecule has 0 unspecified atom stereocenters. The first kappa shape index (κ1) is 15.8. The summed E-state index contributed by atoms with van der Waals surface area (Å²) in [6.45, 7) is 6.24. The minimum atomic E-state index is -0.0238. The van der Waals surface area contributed by atoms with Crippen LogP contribution in [0.1, 0.15) is 23.6 Å². The van der Waals surface area contributed by atoms with Gasteiger partial charge in [0.25, 0.3) is 0 Å². The lowest BCUT2D eigenvalue weighted by molar-refractivity contribution is -0.115. The summed E-state index contributed by atoms with van der Waals surface area (Å²) < 4.78 is 5.58. The first-order valence-corrected chi connectivity index (χ1v) is 8.78. The molecular formula is C21H22N2O2. The number of hydrogen-bond acceptors (Lipinski definition) is 3. The minimum absolute atomic E-state index is 0.0238. The molecule has 0 aliphatic carbocycles. The van der Waals surface area contributed by atoms with E-state index in [2.05, 4.69) is 29.3 Å². The van der Waals surface area contributed by atoms with Crippen LogP contribution in [0.4, 0.5) is 11.4 Å². The molecule has 1 aromatic heterocycles. The van der Waals surface area contributed by atoms with Crippen molar-refractivity contribution in [3.63, 3.8) is 0 Å². The molecule has 0 saturated carbocycles. The van der Waals surface area contributed by atoms with E-state index in [4.69, 9.17) is 4.42 Å². The summed E-state index contributed by atoms with van der Waals surface area (Å²) in [4.78, 5) is 14.8. The molecular weight excluding hydrogens is 312 g/mol. The zero-order valence-electron chi connectivity index (χ0n) is 14.6. The van der Waals surface area contributed by atoms with Gasteiger partial charge in [-0.2, -0.15) is 0 Å². The SMILES string of the molecule is CCN1CCc2ccc(NC(=O)Cc3coc4cc(C)ccc34)cc21. The van der Waals surface area contributed by atoms with Crippen LogP contribution in [0.3, 0.4) is 0 Å². The first-order chi connectivity index (χ1) is 12.1. The molecule has 25 heavy (non-hydrogen) atoms. The van der Waals surface area contributed by atoms with E-state index in [0.29, 0.717) is 6.42 Å². The summed E-state index contributed by atoms with van der Waals surface area (Å²) in [6, 6.07) is 12.3. The lowest BCUT2D eigenvalue weighted by Crippen LogP contribution is -2.19. The number of carbonyl (C=O) groups excluding carboxylic acids is 1. The lowest BCUT2D eigenvalue weighted by atomic mass is 10.1. The molecule has 0 bridgehead atoms. The molecule has 1 aliphatic rings. The number of aryl methyl sites for hydroxylation is 1. The quantitative estimate of drug-likeness (QED) is 0.773. The Hall–Kier alpha value is -2.75. The molecule has 0 atom stereocenters. The van der Waals surface area contributed by atoms with Gasteiger partial charge in [-0.1, -0.05) is 18.2 Å². The molecule has 2 heterocycles. The van der Waals surface area contributed by atoms with Gasteiger partial charge in [-0.05, 0) is 49.6 Å². The van der Waals surface area contributed by atoms with Crippen molar-refractivity contribution in [2.24, 2.45) is 0 Å². The number of nitrogens with one attached hydrogen (secondary N) is 1. The van der Waals surface area contributed by atoms with E-state index in [1.54, 1.807) is 6.26 Å². The lowest BCUT2D eigenvalue weighted by Gasteiger charge is -2.17. The fourth-order valence-corrected chi connectivity index (χ4v) is 3.56. The second-order valence-electron chi connectivity index (χ2n) is 6.66. The van der Waals surface area contributed by atoms with Gasteiger partial charge < -0.3 is 14.6 Å². The number of rotatable bonds is 4. The van der Waals surface area contributed by atoms with Gasteiger partial charge in [-0.25, -0.2) is 0 Å². The molecule has 0 saturated heterocycles. The molecule has 1 aliphatic heterocycles. The maximum absolute atomic E-state index is 12.5. The van der Waals surface area contributed by atoms with Gasteiger partial charge in [0.15, 0.2) is 0 Å². The Bertz CT molecular complexity index is 942. The molecule has 1 N–H and O–H groups in total. The van der Waals surface area contributed by atoms with Crippen molar-refractivity contribution in [3.05, 3.63) is 59.4 Å². The van der Waals surface area contributed by atoms with Gasteiger partial charge >= 0.3 is 0 Å². The Morgan fingerprint density at radius 1 is 1.24 bits per heavy atom. The van der Waals surface area contributed by atoms with Crippen molar-refractivity contribution in [1.82, 2.24) is 0 Å². The zero-order chi connectivity index (χ0) is 17.4. The topological polar surface area (TPSA) is 45.5 Å². The van der Waals surface area contributed by atoms with Crippen LogP contribution in [-0.2, 0) is 17.6 Å². The summed E-state index contributed by atoms with van der Waals surface area (Å²) in [5, 5.41) is 4.03. The van der Waals surface area contributed by atoms with Crippen LogP contribution in [-0.4, -0.2) is 19.0 Å². The third-order valence-corrected chi connectivity index (χ3v) is 4.90. The predicted molar refractivity (Wildman–Crippen MR) is 101 cm³/mol. The third-order valence-electron chi connectivity index (χ3n) is 4.90. The Kier molecular flexibility index (Phi) is 3.96. The third kappa shape index (κ3) is 3.00. The Morgan fingerprint density at radius 3 is 2.96 bits per heavy atom. The Balaban J connectivity index is 1.51. The van der Waals surface area contributed by atoms with Crippen LogP contribution in [0.15, 0.2) is 47.1 Å². The molecule has 1 amide bonds. The maximum Gasteiger partial charge on any atom is 0.228 e. The van der Waals surface area contributed by atoms with Crippen LogP contribution in [0.25, 0.3) is 11.0 Å². The van der Waals surface area contributed by atoms with Crippen molar-refractivity contribution >= 4 is 28.3 Å². The molecule has 2 aromatic carbocycles. The van der Waals surface area contributed by atoms with Crippen LogP contribution in [0.2, 0.25) is 0 Å². The van der Waals surface area contributed by atoms with Crippen LogP contribution < -0.4 is 10.2 Å². The highest BCUT2D eigenvalue weighted by Gasteiger charge is 2.18. The second kappa shape index (κ2) is 6.28. The zero-order valence-corrected chi connectivity index (χ0v) is 14.6. The van der Waals surface area contributed by atoms with Crippen molar-refractivity contribution in [2.75, 3.05) is 23.3 Å². The number of fused-ring (bicyclic) bond motifs is 2. The summed E-state index contributed by atoms with van der Waals surface area (Å²) in [7, 11) is 0. The van der Waals surface area contributed by atoms with Gasteiger partial charge in [0.1, 0.15) is 5.58 Å². The van der Waals surface area contributed by atoms with Crippen LogP contribution in [0.5, 0.6) is 0 Å². The standard InChI is InChI=1S/C21H22N2O2/c1-3-23-9-8-15-5-6-17(12-19(15)23)22-21(24)11-16-13-25-20-10-14(2)4-7-18(16)20/h4-7,10,12-13H,3,8-9,11H2,1-2H3,(H,22,24). The summed E-state index contributed by atoms with van der Waals surface area (Å²) >= 11 is 0. The monoisotopic (exact) mass is 334 g/mol. The average molecular weight is 334 g/mol. The highest BCUT2D eigenvalue weighted by molar-refractivity contribution is 5.95. The molecule has 0 spiro atoms. The average Bonchev–Trinajstić information content (AvgIpc) is 3.18. The number of carbonyl (C=O) groups is 1. The largest absolute Gasteiger partial charge is 0.464 e. The number of amides is 1. The van der Waals surface area contributed by atoms with Gasteiger partial charge in [0.2, 0.25) is 5.91 Å². The van der Waals surface area contributed by atoms with Crippen LogP contribution in [0, 0.1) is 6.92 Å². The predicted octanol–water partition coefficient (Wildman–Crippen LogP) is 4.30. The first-order valence-electron chi connectivity index (χ1n) is 8.78. The Morgan fingerprint density at radius 2 is 2.12 bits per heavy atom. The molecule has 4 heteroatoms. The Labute approximate surface area is 147 Å². The number of benzene rings is 2. The molecule has 0 radical (unpaired) electrons. The van der Waals surface area contributed by atoms with Gasteiger partial charge in [0, 0.05) is 35.4 Å². The maximum atomic E-state index is 12.5. The highest BCUT2D eigenvalue weighted by atomic mass is 16.3. The normalized spacial score (nSPS) is 13.3.